The number of ketones is 1. The minimum Gasteiger partial charge on any atom is -0.480 e. The van der Waals surface area contributed by atoms with Gasteiger partial charge in [0.2, 0.25) is 0 Å². The SMILES string of the molecule is C=C[C@]1(C)C[C@@H](OCC(=O)O)[C@]2(C)C(C)CC[C@]3(CCC(=O)[C@H]32)[C@@H](C)[C@@H]1O. The Hall–Kier alpha value is -1.20. The Morgan fingerprint density at radius 2 is 2.00 bits per heavy atom. The predicted molar refractivity (Wildman–Crippen MR) is 102 cm³/mol. The standard InChI is InChI=1S/C22H34O5/c1-6-20(4)11-16(27-12-17(24)25)21(5)13(2)7-9-22(14(3)19(20)26)10-8-15(23)18(21)22/h6,13-14,16,18-19,26H,1,7-12H2,2-5H3,(H,24,25)/t13?,14-,16+,18-,19-,20+,21-,22-/m0/s1. The molecule has 0 heterocycles. The van der Waals surface area contributed by atoms with Crippen molar-refractivity contribution in [2.24, 2.45) is 34.0 Å². The summed E-state index contributed by atoms with van der Waals surface area (Å²) in [6.45, 7) is 12.0. The highest BCUT2D eigenvalue weighted by molar-refractivity contribution is 5.85. The molecular weight excluding hydrogens is 344 g/mol. The molecule has 0 aromatic carbocycles. The average molecular weight is 379 g/mol. The van der Waals surface area contributed by atoms with Crippen molar-refractivity contribution in [1.29, 1.82) is 0 Å². The fraction of sp³-hybridized carbons (Fsp3) is 0.818. The Kier molecular flexibility index (Phi) is 5.09. The van der Waals surface area contributed by atoms with Crippen LogP contribution >= 0.6 is 0 Å². The number of aliphatic hydroxyl groups excluding tert-OH is 1. The lowest BCUT2D eigenvalue weighted by molar-refractivity contribution is -0.205. The van der Waals surface area contributed by atoms with E-state index in [0.717, 1.165) is 19.3 Å². The number of hydrogen-bond acceptors (Lipinski definition) is 4. The first kappa shape index (κ1) is 20.5. The highest BCUT2D eigenvalue weighted by Gasteiger charge is 2.67. The van der Waals surface area contributed by atoms with Crippen molar-refractivity contribution in [2.45, 2.75) is 72.0 Å². The lowest BCUT2D eigenvalue weighted by atomic mass is 9.44. The summed E-state index contributed by atoms with van der Waals surface area (Å²) in [5.74, 6) is -0.722. The average Bonchev–Trinajstić information content (AvgIpc) is 2.98. The van der Waals surface area contributed by atoms with Crippen LogP contribution in [0.25, 0.3) is 0 Å². The van der Waals surface area contributed by atoms with Crippen molar-refractivity contribution in [3.8, 4) is 0 Å². The number of carbonyl (C=O) groups is 2. The Morgan fingerprint density at radius 1 is 1.33 bits per heavy atom. The van der Waals surface area contributed by atoms with Gasteiger partial charge in [0, 0.05) is 23.2 Å². The van der Waals surface area contributed by atoms with E-state index in [9.17, 15) is 19.8 Å². The molecule has 3 rings (SSSR count). The molecule has 0 aliphatic heterocycles. The van der Waals surface area contributed by atoms with E-state index in [-0.39, 0.29) is 35.6 Å². The third-order valence-electron chi connectivity index (χ3n) is 8.71. The zero-order valence-electron chi connectivity index (χ0n) is 17.0. The number of carboxylic acid groups (broad SMARTS) is 1. The number of aliphatic hydroxyl groups is 1. The number of ether oxygens (including phenoxy) is 1. The third-order valence-corrected chi connectivity index (χ3v) is 8.71. The molecule has 3 fully saturated rings. The number of hydrogen-bond donors (Lipinski definition) is 2. The number of aliphatic carboxylic acids is 1. The van der Waals surface area contributed by atoms with Gasteiger partial charge >= 0.3 is 5.97 Å². The van der Waals surface area contributed by atoms with Crippen LogP contribution in [0.2, 0.25) is 0 Å². The molecule has 3 aliphatic carbocycles. The van der Waals surface area contributed by atoms with Crippen LogP contribution in [0.1, 0.15) is 59.8 Å². The lowest BCUT2D eigenvalue weighted by Crippen LogP contribution is -2.63. The van der Waals surface area contributed by atoms with Crippen LogP contribution in [0.5, 0.6) is 0 Å². The van der Waals surface area contributed by atoms with Gasteiger partial charge in [-0.15, -0.1) is 6.58 Å². The summed E-state index contributed by atoms with van der Waals surface area (Å²) in [5.41, 5.74) is -1.28. The van der Waals surface area contributed by atoms with E-state index in [1.165, 1.54) is 0 Å². The zero-order chi connectivity index (χ0) is 20.2. The first-order valence-corrected chi connectivity index (χ1v) is 10.2. The number of Topliss-reactive ketones (excluding diaryl/α,β-unsaturated/α-hetero) is 1. The van der Waals surface area contributed by atoms with Gasteiger partial charge < -0.3 is 14.9 Å². The van der Waals surface area contributed by atoms with Gasteiger partial charge in [0.1, 0.15) is 12.4 Å². The van der Waals surface area contributed by atoms with Crippen LogP contribution < -0.4 is 0 Å². The maximum atomic E-state index is 13.1. The highest BCUT2D eigenvalue weighted by Crippen LogP contribution is 2.67. The first-order valence-electron chi connectivity index (χ1n) is 10.2. The molecule has 0 radical (unpaired) electrons. The van der Waals surface area contributed by atoms with Crippen LogP contribution in [0, 0.1) is 34.0 Å². The van der Waals surface area contributed by atoms with Crippen LogP contribution in [-0.4, -0.2) is 40.8 Å². The van der Waals surface area contributed by atoms with Gasteiger partial charge in [-0.1, -0.05) is 33.8 Å². The molecule has 152 valence electrons. The van der Waals surface area contributed by atoms with E-state index in [1.54, 1.807) is 6.08 Å². The monoisotopic (exact) mass is 378 g/mol. The second-order valence-electron chi connectivity index (χ2n) is 9.78. The van der Waals surface area contributed by atoms with Crippen LogP contribution in [-0.2, 0) is 14.3 Å². The van der Waals surface area contributed by atoms with Crippen molar-refractivity contribution >= 4 is 11.8 Å². The van der Waals surface area contributed by atoms with Crippen molar-refractivity contribution in [3.05, 3.63) is 12.7 Å². The molecule has 3 aliphatic rings. The minimum atomic E-state index is -1.01. The fourth-order valence-corrected chi connectivity index (χ4v) is 6.74. The summed E-state index contributed by atoms with van der Waals surface area (Å²) in [5, 5.41) is 20.5. The maximum Gasteiger partial charge on any atom is 0.329 e. The normalized spacial score (nSPS) is 49.8. The van der Waals surface area contributed by atoms with Crippen molar-refractivity contribution in [2.75, 3.05) is 6.61 Å². The molecule has 8 atom stereocenters. The predicted octanol–water partition coefficient (Wildman–Crippen LogP) is 3.45. The summed E-state index contributed by atoms with van der Waals surface area (Å²) >= 11 is 0. The minimum absolute atomic E-state index is 0.0239. The molecule has 1 unspecified atom stereocenters. The van der Waals surface area contributed by atoms with Crippen LogP contribution in [0.15, 0.2) is 12.7 Å². The van der Waals surface area contributed by atoms with E-state index < -0.39 is 29.0 Å². The number of carboxylic acids is 1. The number of carbonyl (C=O) groups excluding carboxylic acids is 1. The second-order valence-corrected chi connectivity index (χ2v) is 9.78. The zero-order valence-corrected chi connectivity index (χ0v) is 17.0. The highest BCUT2D eigenvalue weighted by atomic mass is 16.5. The second kappa shape index (κ2) is 6.70. The molecule has 0 amide bonds. The molecule has 2 bridgehead atoms. The summed E-state index contributed by atoms with van der Waals surface area (Å²) < 4.78 is 5.96. The summed E-state index contributed by atoms with van der Waals surface area (Å²) in [6.07, 6.45) is 4.44. The molecule has 0 aromatic rings. The van der Waals surface area contributed by atoms with E-state index in [0.29, 0.717) is 12.8 Å². The van der Waals surface area contributed by atoms with E-state index >= 15 is 0 Å². The molecule has 27 heavy (non-hydrogen) atoms. The van der Waals surface area contributed by atoms with Crippen LogP contribution in [0.3, 0.4) is 0 Å². The van der Waals surface area contributed by atoms with E-state index in [4.69, 9.17) is 4.74 Å². The Labute approximate surface area is 162 Å². The molecule has 2 N–H and O–H groups in total. The van der Waals surface area contributed by atoms with Crippen molar-refractivity contribution < 1.29 is 24.5 Å². The van der Waals surface area contributed by atoms with Crippen molar-refractivity contribution in [3.63, 3.8) is 0 Å². The molecule has 0 aromatic heterocycles. The van der Waals surface area contributed by atoms with Gasteiger partial charge in [0.05, 0.1) is 12.2 Å². The molecule has 5 nitrogen and oxygen atoms in total. The van der Waals surface area contributed by atoms with Gasteiger partial charge in [-0.05, 0) is 42.9 Å². The van der Waals surface area contributed by atoms with Gasteiger partial charge in [-0.3, -0.25) is 4.79 Å². The molecule has 0 saturated heterocycles. The largest absolute Gasteiger partial charge is 0.480 e. The maximum absolute atomic E-state index is 13.1. The summed E-state index contributed by atoms with van der Waals surface area (Å²) in [4.78, 5) is 24.4. The van der Waals surface area contributed by atoms with Crippen LogP contribution in [0.4, 0.5) is 0 Å². The number of rotatable bonds is 4. The topological polar surface area (TPSA) is 83.8 Å². The Bertz CT molecular complexity index is 645. The Balaban J connectivity index is 2.18. The van der Waals surface area contributed by atoms with E-state index in [2.05, 4.69) is 27.4 Å². The first-order chi connectivity index (χ1) is 12.5. The van der Waals surface area contributed by atoms with Crippen molar-refractivity contribution in [1.82, 2.24) is 0 Å². The van der Waals surface area contributed by atoms with Gasteiger partial charge in [0.25, 0.3) is 0 Å². The molecule has 3 saturated carbocycles. The smallest absolute Gasteiger partial charge is 0.329 e. The fourth-order valence-electron chi connectivity index (χ4n) is 6.74. The van der Waals surface area contributed by atoms with Gasteiger partial charge in [-0.2, -0.15) is 0 Å². The van der Waals surface area contributed by atoms with E-state index in [1.807, 2.05) is 6.92 Å². The molecule has 5 heteroatoms. The third kappa shape index (κ3) is 2.80. The quantitative estimate of drug-likeness (QED) is 0.732. The molecule has 0 spiro atoms. The summed E-state index contributed by atoms with van der Waals surface area (Å²) in [6, 6.07) is 0. The Morgan fingerprint density at radius 3 is 2.59 bits per heavy atom. The molecular formula is C22H34O5. The van der Waals surface area contributed by atoms with Gasteiger partial charge in [0.15, 0.2) is 0 Å². The summed E-state index contributed by atoms with van der Waals surface area (Å²) in [7, 11) is 0. The van der Waals surface area contributed by atoms with Gasteiger partial charge in [-0.25, -0.2) is 4.79 Å². The lowest BCUT2D eigenvalue weighted by Gasteiger charge is -2.62.